The summed E-state index contributed by atoms with van der Waals surface area (Å²) >= 11 is 4.91. The SMILES string of the molecule is NC(=S)CN1CCN(Cc2cccc(F)c2)CC1. The van der Waals surface area contributed by atoms with Crippen molar-refractivity contribution in [1.82, 2.24) is 9.80 Å². The van der Waals surface area contributed by atoms with Crippen LogP contribution in [0.25, 0.3) is 0 Å². The number of benzene rings is 1. The third kappa shape index (κ3) is 4.01. The molecule has 5 heteroatoms. The van der Waals surface area contributed by atoms with Crippen LogP contribution in [0.15, 0.2) is 24.3 Å². The van der Waals surface area contributed by atoms with Gasteiger partial charge in [-0.1, -0.05) is 24.4 Å². The number of nitrogens with zero attached hydrogens (tertiary/aromatic N) is 2. The molecule has 1 aromatic rings. The van der Waals surface area contributed by atoms with Gasteiger partial charge in [0.2, 0.25) is 0 Å². The van der Waals surface area contributed by atoms with E-state index in [1.165, 1.54) is 6.07 Å². The van der Waals surface area contributed by atoms with Gasteiger partial charge in [0.1, 0.15) is 5.82 Å². The molecule has 2 N–H and O–H groups in total. The van der Waals surface area contributed by atoms with Crippen LogP contribution in [0.2, 0.25) is 0 Å². The van der Waals surface area contributed by atoms with Crippen LogP contribution in [0.5, 0.6) is 0 Å². The zero-order chi connectivity index (χ0) is 13.0. The molecule has 0 atom stereocenters. The van der Waals surface area contributed by atoms with Gasteiger partial charge in [-0.25, -0.2) is 4.39 Å². The Labute approximate surface area is 112 Å². The maximum absolute atomic E-state index is 13.1. The van der Waals surface area contributed by atoms with Gasteiger partial charge < -0.3 is 5.73 Å². The molecule has 3 nitrogen and oxygen atoms in total. The lowest BCUT2D eigenvalue weighted by atomic mass is 10.2. The number of piperazine rings is 1. The third-order valence-electron chi connectivity index (χ3n) is 3.14. The second-order valence-corrected chi connectivity index (χ2v) is 5.17. The van der Waals surface area contributed by atoms with Gasteiger partial charge in [-0.2, -0.15) is 0 Å². The minimum Gasteiger partial charge on any atom is -0.392 e. The molecule has 0 bridgehead atoms. The first-order valence-corrected chi connectivity index (χ1v) is 6.52. The Hall–Kier alpha value is -1.04. The summed E-state index contributed by atoms with van der Waals surface area (Å²) in [7, 11) is 0. The average molecular weight is 267 g/mol. The summed E-state index contributed by atoms with van der Waals surface area (Å²) in [6, 6.07) is 6.79. The fraction of sp³-hybridized carbons (Fsp3) is 0.462. The Morgan fingerprint density at radius 1 is 1.22 bits per heavy atom. The zero-order valence-electron chi connectivity index (χ0n) is 10.3. The quantitative estimate of drug-likeness (QED) is 0.832. The summed E-state index contributed by atoms with van der Waals surface area (Å²) in [5.74, 6) is -0.167. The Bertz CT molecular complexity index is 416. The third-order valence-corrected chi connectivity index (χ3v) is 3.27. The lowest BCUT2D eigenvalue weighted by molar-refractivity contribution is 0.140. The molecule has 0 aromatic heterocycles. The summed E-state index contributed by atoms with van der Waals surface area (Å²) < 4.78 is 13.1. The van der Waals surface area contributed by atoms with Crippen LogP contribution in [-0.2, 0) is 6.54 Å². The number of halogens is 1. The Kier molecular flexibility index (Phi) is 4.63. The van der Waals surface area contributed by atoms with Crippen LogP contribution < -0.4 is 5.73 Å². The molecule has 0 saturated carbocycles. The molecule has 2 rings (SSSR count). The van der Waals surface area contributed by atoms with Crippen LogP contribution in [0, 0.1) is 5.82 Å². The topological polar surface area (TPSA) is 32.5 Å². The molecular formula is C13H18FN3S. The maximum atomic E-state index is 13.1. The highest BCUT2D eigenvalue weighted by Gasteiger charge is 2.17. The van der Waals surface area contributed by atoms with Crippen LogP contribution in [0.1, 0.15) is 5.56 Å². The number of nitrogens with two attached hydrogens (primary N) is 1. The van der Waals surface area contributed by atoms with E-state index < -0.39 is 0 Å². The van der Waals surface area contributed by atoms with Crippen molar-refractivity contribution in [3.8, 4) is 0 Å². The van der Waals surface area contributed by atoms with Crippen molar-refractivity contribution in [2.45, 2.75) is 6.54 Å². The zero-order valence-corrected chi connectivity index (χ0v) is 11.1. The van der Waals surface area contributed by atoms with Crippen molar-refractivity contribution >= 4 is 17.2 Å². The first-order valence-electron chi connectivity index (χ1n) is 6.11. The molecule has 1 heterocycles. The minimum absolute atomic E-state index is 0.167. The van der Waals surface area contributed by atoms with Crippen molar-refractivity contribution in [1.29, 1.82) is 0 Å². The second-order valence-electron chi connectivity index (χ2n) is 4.65. The summed E-state index contributed by atoms with van der Waals surface area (Å²) in [6.45, 7) is 5.37. The van der Waals surface area contributed by atoms with Gasteiger partial charge in [0, 0.05) is 39.3 Å². The van der Waals surface area contributed by atoms with E-state index in [-0.39, 0.29) is 5.82 Å². The largest absolute Gasteiger partial charge is 0.392 e. The molecule has 0 spiro atoms. The molecule has 0 radical (unpaired) electrons. The van der Waals surface area contributed by atoms with E-state index in [1.807, 2.05) is 6.07 Å². The minimum atomic E-state index is -0.167. The lowest BCUT2D eigenvalue weighted by Gasteiger charge is -2.34. The van der Waals surface area contributed by atoms with Crippen LogP contribution in [0.4, 0.5) is 4.39 Å². The van der Waals surface area contributed by atoms with Gasteiger partial charge in [-0.05, 0) is 17.7 Å². The molecule has 18 heavy (non-hydrogen) atoms. The van der Waals surface area contributed by atoms with E-state index >= 15 is 0 Å². The van der Waals surface area contributed by atoms with Crippen molar-refractivity contribution in [2.75, 3.05) is 32.7 Å². The van der Waals surface area contributed by atoms with Crippen molar-refractivity contribution in [2.24, 2.45) is 5.73 Å². The van der Waals surface area contributed by atoms with E-state index in [0.717, 1.165) is 38.3 Å². The van der Waals surface area contributed by atoms with E-state index in [1.54, 1.807) is 12.1 Å². The highest BCUT2D eigenvalue weighted by atomic mass is 32.1. The number of rotatable bonds is 4. The number of hydrogen-bond donors (Lipinski definition) is 1. The van der Waals surface area contributed by atoms with Crippen molar-refractivity contribution in [3.63, 3.8) is 0 Å². The molecule has 98 valence electrons. The van der Waals surface area contributed by atoms with Crippen LogP contribution >= 0.6 is 12.2 Å². The predicted molar refractivity (Wildman–Crippen MR) is 74.9 cm³/mol. The van der Waals surface area contributed by atoms with Gasteiger partial charge in [0.25, 0.3) is 0 Å². The highest BCUT2D eigenvalue weighted by Crippen LogP contribution is 2.09. The van der Waals surface area contributed by atoms with Gasteiger partial charge in [0.15, 0.2) is 0 Å². The summed E-state index contributed by atoms with van der Waals surface area (Å²) in [5.41, 5.74) is 6.56. The fourth-order valence-electron chi connectivity index (χ4n) is 2.22. The number of thiocarbonyl (C=S) groups is 1. The maximum Gasteiger partial charge on any atom is 0.123 e. The summed E-state index contributed by atoms with van der Waals surface area (Å²) in [6.07, 6.45) is 0. The molecule has 1 aliphatic rings. The predicted octanol–water partition coefficient (Wildman–Crippen LogP) is 1.23. The van der Waals surface area contributed by atoms with E-state index in [2.05, 4.69) is 9.80 Å². The lowest BCUT2D eigenvalue weighted by Crippen LogP contribution is -2.48. The molecular weight excluding hydrogens is 249 g/mol. The summed E-state index contributed by atoms with van der Waals surface area (Å²) in [4.78, 5) is 5.13. The van der Waals surface area contributed by atoms with Crippen LogP contribution in [0.3, 0.4) is 0 Å². The standard InChI is InChI=1S/C13H18FN3S/c14-12-3-1-2-11(8-12)9-16-4-6-17(7-5-16)10-13(15)18/h1-3,8H,4-7,9-10H2,(H2,15,18). The molecule has 0 aliphatic carbocycles. The van der Waals surface area contributed by atoms with Gasteiger partial charge in [-0.15, -0.1) is 0 Å². The van der Waals surface area contributed by atoms with E-state index in [9.17, 15) is 4.39 Å². The fourth-order valence-corrected chi connectivity index (χ4v) is 2.40. The molecule has 1 aliphatic heterocycles. The first-order chi connectivity index (χ1) is 8.63. The van der Waals surface area contributed by atoms with E-state index in [4.69, 9.17) is 18.0 Å². The van der Waals surface area contributed by atoms with E-state index in [0.29, 0.717) is 11.5 Å². The number of hydrogen-bond acceptors (Lipinski definition) is 3. The Morgan fingerprint density at radius 2 is 1.89 bits per heavy atom. The highest BCUT2D eigenvalue weighted by molar-refractivity contribution is 7.80. The van der Waals surface area contributed by atoms with Gasteiger partial charge >= 0.3 is 0 Å². The second kappa shape index (κ2) is 6.22. The Morgan fingerprint density at radius 3 is 2.50 bits per heavy atom. The van der Waals surface area contributed by atoms with Gasteiger partial charge in [-0.3, -0.25) is 9.80 Å². The molecule has 0 amide bonds. The average Bonchev–Trinajstić information content (AvgIpc) is 2.31. The van der Waals surface area contributed by atoms with Crippen molar-refractivity contribution < 1.29 is 4.39 Å². The molecule has 1 aromatic carbocycles. The summed E-state index contributed by atoms with van der Waals surface area (Å²) in [5, 5.41) is 0. The Balaban J connectivity index is 1.81. The normalized spacial score (nSPS) is 17.8. The molecule has 0 unspecified atom stereocenters. The molecule has 1 fully saturated rings. The van der Waals surface area contributed by atoms with Crippen molar-refractivity contribution in [3.05, 3.63) is 35.6 Å². The first kappa shape index (κ1) is 13.4. The van der Waals surface area contributed by atoms with Crippen LogP contribution in [-0.4, -0.2) is 47.5 Å². The molecule has 1 saturated heterocycles. The smallest absolute Gasteiger partial charge is 0.123 e. The van der Waals surface area contributed by atoms with Gasteiger partial charge in [0.05, 0.1) is 4.99 Å². The monoisotopic (exact) mass is 267 g/mol.